The number of rotatable bonds is 2. The lowest BCUT2D eigenvalue weighted by molar-refractivity contribution is 0.436. The third-order valence-corrected chi connectivity index (χ3v) is 2.93. The highest BCUT2D eigenvalue weighted by Crippen LogP contribution is 2.37. The van der Waals surface area contributed by atoms with Crippen molar-refractivity contribution in [3.8, 4) is 22.5 Å². The van der Waals surface area contributed by atoms with Crippen LogP contribution in [0.5, 0.6) is 0 Å². The number of hydrogen-bond donors (Lipinski definition) is 2. The van der Waals surface area contributed by atoms with Gasteiger partial charge in [0.25, 0.3) is 0 Å². The summed E-state index contributed by atoms with van der Waals surface area (Å²) in [6.07, 6.45) is 1.64. The second-order valence-corrected chi connectivity index (χ2v) is 4.19. The van der Waals surface area contributed by atoms with E-state index in [4.69, 9.17) is 10.3 Å². The van der Waals surface area contributed by atoms with Gasteiger partial charge in [0.05, 0.1) is 17.3 Å². The van der Waals surface area contributed by atoms with Gasteiger partial charge in [-0.2, -0.15) is 5.10 Å². The molecule has 0 aliphatic carbocycles. The van der Waals surface area contributed by atoms with Gasteiger partial charge in [0.15, 0.2) is 11.6 Å². The lowest BCUT2D eigenvalue weighted by atomic mass is 10.0. The van der Waals surface area contributed by atoms with E-state index < -0.39 is 0 Å². The molecular weight excluding hydrogens is 247 g/mol. The Hall–Kier alpha value is -2.63. The molecule has 0 aliphatic rings. The van der Waals surface area contributed by atoms with E-state index in [0.29, 0.717) is 11.3 Å². The number of aromatic amines is 1. The molecule has 0 saturated heterocycles. The molecule has 19 heavy (non-hydrogen) atoms. The SMILES string of the molecule is Cc1[nH]ncc1-c1onc(N)c1-c1ccc(F)cc1. The van der Waals surface area contributed by atoms with Crippen LogP contribution in [0, 0.1) is 12.7 Å². The van der Waals surface area contributed by atoms with Crippen LogP contribution in [0.15, 0.2) is 35.0 Å². The maximum absolute atomic E-state index is 13.0. The molecule has 3 aromatic rings. The maximum atomic E-state index is 13.0. The van der Waals surface area contributed by atoms with Gasteiger partial charge in [0.1, 0.15) is 5.82 Å². The van der Waals surface area contributed by atoms with Gasteiger partial charge in [-0.25, -0.2) is 4.39 Å². The van der Waals surface area contributed by atoms with E-state index in [9.17, 15) is 4.39 Å². The normalized spacial score (nSPS) is 10.8. The first-order valence-electron chi connectivity index (χ1n) is 5.68. The summed E-state index contributed by atoms with van der Waals surface area (Å²) in [5.74, 6) is 0.484. The van der Waals surface area contributed by atoms with Crippen molar-refractivity contribution in [2.75, 3.05) is 5.73 Å². The fraction of sp³-hybridized carbons (Fsp3) is 0.0769. The molecule has 1 aromatic carbocycles. The number of aryl methyl sites for hydroxylation is 1. The summed E-state index contributed by atoms with van der Waals surface area (Å²) in [6.45, 7) is 1.87. The molecular formula is C13H11FN4O. The van der Waals surface area contributed by atoms with E-state index in [1.165, 1.54) is 12.1 Å². The fourth-order valence-corrected chi connectivity index (χ4v) is 1.96. The second kappa shape index (κ2) is 4.24. The third kappa shape index (κ3) is 1.87. The van der Waals surface area contributed by atoms with Crippen LogP contribution in [0.25, 0.3) is 22.5 Å². The van der Waals surface area contributed by atoms with Crippen molar-refractivity contribution in [2.24, 2.45) is 0 Å². The lowest BCUT2D eigenvalue weighted by Gasteiger charge is -2.01. The standard InChI is InChI=1S/C13H11FN4O/c1-7-10(6-16-17-7)12-11(13(15)18-19-12)8-2-4-9(14)5-3-8/h2-6H,1H3,(H2,15,18)(H,16,17). The van der Waals surface area contributed by atoms with Gasteiger partial charge >= 0.3 is 0 Å². The van der Waals surface area contributed by atoms with E-state index in [-0.39, 0.29) is 11.6 Å². The Morgan fingerprint density at radius 2 is 2.00 bits per heavy atom. The van der Waals surface area contributed by atoms with E-state index in [2.05, 4.69) is 15.4 Å². The highest BCUT2D eigenvalue weighted by molar-refractivity contribution is 5.86. The van der Waals surface area contributed by atoms with E-state index in [0.717, 1.165) is 16.8 Å². The van der Waals surface area contributed by atoms with Crippen molar-refractivity contribution in [2.45, 2.75) is 6.92 Å². The van der Waals surface area contributed by atoms with Gasteiger partial charge in [-0.05, 0) is 24.6 Å². The number of aromatic nitrogens is 3. The Morgan fingerprint density at radius 3 is 2.63 bits per heavy atom. The van der Waals surface area contributed by atoms with Crippen LogP contribution in [0.3, 0.4) is 0 Å². The molecule has 0 atom stereocenters. The smallest absolute Gasteiger partial charge is 0.180 e. The fourth-order valence-electron chi connectivity index (χ4n) is 1.96. The zero-order valence-electron chi connectivity index (χ0n) is 10.1. The zero-order valence-corrected chi connectivity index (χ0v) is 10.1. The summed E-state index contributed by atoms with van der Waals surface area (Å²) in [4.78, 5) is 0. The molecule has 2 aromatic heterocycles. The van der Waals surface area contributed by atoms with E-state index in [1.807, 2.05) is 6.92 Å². The number of H-pyrrole nitrogens is 1. The van der Waals surface area contributed by atoms with Crippen LogP contribution < -0.4 is 5.73 Å². The minimum Gasteiger partial charge on any atom is -0.380 e. The summed E-state index contributed by atoms with van der Waals surface area (Å²) in [5.41, 5.74) is 8.86. The Kier molecular flexibility index (Phi) is 2.56. The summed E-state index contributed by atoms with van der Waals surface area (Å²) in [7, 11) is 0. The highest BCUT2D eigenvalue weighted by atomic mass is 19.1. The Bertz CT molecular complexity index is 715. The predicted molar refractivity (Wildman–Crippen MR) is 68.6 cm³/mol. The minimum atomic E-state index is -0.306. The number of nitrogens with two attached hydrogens (primary N) is 1. The molecule has 6 heteroatoms. The van der Waals surface area contributed by atoms with Crippen molar-refractivity contribution in [3.63, 3.8) is 0 Å². The van der Waals surface area contributed by atoms with Crippen molar-refractivity contribution in [3.05, 3.63) is 42.0 Å². The second-order valence-electron chi connectivity index (χ2n) is 4.19. The summed E-state index contributed by atoms with van der Waals surface area (Å²) in [6, 6.07) is 6.01. The molecule has 0 amide bonds. The minimum absolute atomic E-state index is 0.266. The van der Waals surface area contributed by atoms with Crippen LogP contribution in [-0.4, -0.2) is 15.4 Å². The Morgan fingerprint density at radius 1 is 1.26 bits per heavy atom. The number of benzene rings is 1. The first-order valence-corrected chi connectivity index (χ1v) is 5.68. The Labute approximate surface area is 108 Å². The number of halogens is 1. The van der Waals surface area contributed by atoms with Crippen LogP contribution in [-0.2, 0) is 0 Å². The quantitative estimate of drug-likeness (QED) is 0.740. The molecule has 0 saturated carbocycles. The monoisotopic (exact) mass is 258 g/mol. The number of nitrogens with one attached hydrogen (secondary N) is 1. The molecule has 3 rings (SSSR count). The van der Waals surface area contributed by atoms with Gasteiger partial charge < -0.3 is 10.3 Å². The van der Waals surface area contributed by atoms with Gasteiger partial charge in [0.2, 0.25) is 0 Å². The number of anilines is 1. The number of hydrogen-bond acceptors (Lipinski definition) is 4. The molecule has 0 unspecified atom stereocenters. The van der Waals surface area contributed by atoms with Crippen molar-refractivity contribution >= 4 is 5.82 Å². The molecule has 3 N–H and O–H groups in total. The molecule has 0 radical (unpaired) electrons. The molecule has 96 valence electrons. The molecule has 5 nitrogen and oxygen atoms in total. The van der Waals surface area contributed by atoms with Gasteiger partial charge in [-0.3, -0.25) is 5.10 Å². The number of nitrogen functional groups attached to an aromatic ring is 1. The number of nitrogens with zero attached hydrogens (tertiary/aromatic N) is 2. The van der Waals surface area contributed by atoms with Gasteiger partial charge in [-0.15, -0.1) is 0 Å². The average Bonchev–Trinajstić information content (AvgIpc) is 2.97. The van der Waals surface area contributed by atoms with Crippen LogP contribution in [0.1, 0.15) is 5.69 Å². The van der Waals surface area contributed by atoms with E-state index in [1.54, 1.807) is 18.3 Å². The predicted octanol–water partition coefficient (Wildman–Crippen LogP) is 2.76. The molecule has 0 fully saturated rings. The summed E-state index contributed by atoms with van der Waals surface area (Å²) >= 11 is 0. The molecule has 0 spiro atoms. The first kappa shape index (κ1) is 11.5. The summed E-state index contributed by atoms with van der Waals surface area (Å²) in [5, 5.41) is 10.5. The third-order valence-electron chi connectivity index (χ3n) is 2.93. The lowest BCUT2D eigenvalue weighted by Crippen LogP contribution is -1.89. The van der Waals surface area contributed by atoms with Crippen LogP contribution in [0.4, 0.5) is 10.2 Å². The maximum Gasteiger partial charge on any atom is 0.180 e. The first-order chi connectivity index (χ1) is 9.16. The molecule has 0 aliphatic heterocycles. The van der Waals surface area contributed by atoms with Crippen LogP contribution >= 0.6 is 0 Å². The Balaban J connectivity index is 2.19. The van der Waals surface area contributed by atoms with E-state index >= 15 is 0 Å². The van der Waals surface area contributed by atoms with Gasteiger partial charge in [-0.1, -0.05) is 17.3 Å². The van der Waals surface area contributed by atoms with Crippen molar-refractivity contribution < 1.29 is 8.91 Å². The highest BCUT2D eigenvalue weighted by Gasteiger charge is 2.20. The van der Waals surface area contributed by atoms with Gasteiger partial charge in [0, 0.05) is 5.69 Å². The largest absolute Gasteiger partial charge is 0.380 e. The topological polar surface area (TPSA) is 80.7 Å². The molecule has 2 heterocycles. The zero-order chi connectivity index (χ0) is 13.4. The van der Waals surface area contributed by atoms with Crippen LogP contribution in [0.2, 0.25) is 0 Å². The van der Waals surface area contributed by atoms with Crippen molar-refractivity contribution in [1.29, 1.82) is 0 Å². The van der Waals surface area contributed by atoms with Crippen molar-refractivity contribution in [1.82, 2.24) is 15.4 Å². The average molecular weight is 258 g/mol. The summed E-state index contributed by atoms with van der Waals surface area (Å²) < 4.78 is 18.3. The molecule has 0 bridgehead atoms.